The highest BCUT2D eigenvalue weighted by atomic mass is 32.2. The number of thioether (sulfide) groups is 1. The summed E-state index contributed by atoms with van der Waals surface area (Å²) in [6, 6.07) is 0. The summed E-state index contributed by atoms with van der Waals surface area (Å²) < 4.78 is 24.7. The Morgan fingerprint density at radius 2 is 1.44 bits per heavy atom. The van der Waals surface area contributed by atoms with Crippen molar-refractivity contribution in [3.05, 3.63) is 0 Å². The fourth-order valence-corrected chi connectivity index (χ4v) is 8.07. The van der Waals surface area contributed by atoms with Crippen LogP contribution in [0.4, 0.5) is 0 Å². The topological polar surface area (TPSA) is 54.0 Å². The summed E-state index contributed by atoms with van der Waals surface area (Å²) in [5, 5.41) is 0. The van der Waals surface area contributed by atoms with Gasteiger partial charge in [-0.25, -0.2) is 0 Å². The van der Waals surface area contributed by atoms with E-state index in [1.54, 1.807) is 6.92 Å². The first-order valence-corrected chi connectivity index (χ1v) is 12.0. The Labute approximate surface area is 163 Å². The van der Waals surface area contributed by atoms with E-state index < -0.39 is 8.80 Å². The van der Waals surface area contributed by atoms with Crippen molar-refractivity contribution in [3.8, 4) is 0 Å². The molecule has 0 saturated heterocycles. The SMILES string of the molecule is CCOC(=S)SC(CCC(C)=O)[Si](OC(C)C)(OC(C)C)OC(C)C. The second-order valence-corrected chi connectivity index (χ2v) is 11.5. The first-order chi connectivity index (χ1) is 11.5. The third kappa shape index (κ3) is 10.7. The van der Waals surface area contributed by atoms with Crippen LogP contribution in [0.25, 0.3) is 0 Å². The molecule has 0 spiro atoms. The summed E-state index contributed by atoms with van der Waals surface area (Å²) in [7, 11) is -3.13. The van der Waals surface area contributed by atoms with Crippen molar-refractivity contribution in [2.24, 2.45) is 0 Å². The van der Waals surface area contributed by atoms with Crippen molar-refractivity contribution in [2.45, 2.75) is 91.4 Å². The first-order valence-electron chi connectivity index (χ1n) is 8.88. The maximum atomic E-state index is 11.6. The minimum Gasteiger partial charge on any atom is -0.479 e. The molecule has 148 valence electrons. The molecule has 0 aliphatic heterocycles. The van der Waals surface area contributed by atoms with Crippen LogP contribution >= 0.6 is 24.0 Å². The zero-order valence-corrected chi connectivity index (χ0v) is 19.4. The lowest BCUT2D eigenvalue weighted by molar-refractivity contribution is -0.117. The predicted molar refractivity (Wildman–Crippen MR) is 110 cm³/mol. The van der Waals surface area contributed by atoms with E-state index in [9.17, 15) is 4.79 Å². The summed E-state index contributed by atoms with van der Waals surface area (Å²) >= 11 is 6.72. The van der Waals surface area contributed by atoms with Crippen molar-refractivity contribution in [1.29, 1.82) is 0 Å². The minimum atomic E-state index is -3.13. The molecule has 0 aromatic rings. The summed E-state index contributed by atoms with van der Waals surface area (Å²) in [4.78, 5) is 11.4. The quantitative estimate of drug-likeness (QED) is 0.346. The van der Waals surface area contributed by atoms with E-state index in [1.165, 1.54) is 11.8 Å². The Hall–Kier alpha value is 0.00688. The molecule has 0 aliphatic rings. The van der Waals surface area contributed by atoms with E-state index in [0.29, 0.717) is 23.8 Å². The average molecular weight is 411 g/mol. The summed E-state index contributed by atoms with van der Waals surface area (Å²) in [6.07, 6.45) is 0.803. The molecule has 0 aliphatic carbocycles. The van der Waals surface area contributed by atoms with Crippen LogP contribution in [0.5, 0.6) is 0 Å². The number of carbonyl (C=O) groups excluding carboxylic acids is 1. The van der Waals surface area contributed by atoms with Crippen molar-refractivity contribution < 1.29 is 22.8 Å². The van der Waals surface area contributed by atoms with Crippen LogP contribution in [-0.2, 0) is 22.8 Å². The summed E-state index contributed by atoms with van der Waals surface area (Å²) in [6.45, 7) is 15.7. The molecule has 0 saturated carbocycles. The van der Waals surface area contributed by atoms with Crippen LogP contribution < -0.4 is 0 Å². The number of ether oxygens (including phenoxy) is 1. The lowest BCUT2D eigenvalue weighted by Gasteiger charge is -2.39. The van der Waals surface area contributed by atoms with Gasteiger partial charge in [0.15, 0.2) is 0 Å². The third-order valence-electron chi connectivity index (χ3n) is 2.85. The van der Waals surface area contributed by atoms with Gasteiger partial charge in [0.2, 0.25) is 4.38 Å². The molecule has 0 heterocycles. The van der Waals surface area contributed by atoms with Gasteiger partial charge < -0.3 is 22.8 Å². The molecular weight excluding hydrogens is 376 g/mol. The lowest BCUT2D eigenvalue weighted by Crippen LogP contribution is -2.59. The first kappa shape index (κ1) is 25.0. The molecule has 0 N–H and O–H groups in total. The third-order valence-corrected chi connectivity index (χ3v) is 8.79. The molecule has 0 radical (unpaired) electrons. The second-order valence-electron chi connectivity index (χ2n) is 6.63. The highest BCUT2D eigenvalue weighted by Crippen LogP contribution is 2.33. The van der Waals surface area contributed by atoms with E-state index in [0.717, 1.165) is 0 Å². The average Bonchev–Trinajstić information content (AvgIpc) is 2.40. The molecular formula is C17H34O5S2Si. The zero-order valence-electron chi connectivity index (χ0n) is 16.8. The molecule has 0 rings (SSSR count). The van der Waals surface area contributed by atoms with Gasteiger partial charge in [0.1, 0.15) is 5.78 Å². The minimum absolute atomic E-state index is 0.0646. The number of hydrogen-bond acceptors (Lipinski definition) is 7. The molecule has 0 fully saturated rings. The Morgan fingerprint density at radius 3 is 1.76 bits per heavy atom. The smallest absolute Gasteiger partial charge is 0.479 e. The number of hydrogen-bond donors (Lipinski definition) is 0. The van der Waals surface area contributed by atoms with Crippen LogP contribution in [-0.4, -0.2) is 48.8 Å². The molecule has 0 aromatic carbocycles. The maximum absolute atomic E-state index is 11.6. The number of rotatable bonds is 12. The van der Waals surface area contributed by atoms with Gasteiger partial charge in [-0.05, 0) is 74.0 Å². The molecule has 25 heavy (non-hydrogen) atoms. The largest absolute Gasteiger partial charge is 0.515 e. The van der Waals surface area contributed by atoms with Crippen molar-refractivity contribution in [2.75, 3.05) is 6.61 Å². The molecule has 0 amide bonds. The van der Waals surface area contributed by atoms with Gasteiger partial charge in [0.05, 0.1) is 11.5 Å². The Morgan fingerprint density at radius 1 is 1.00 bits per heavy atom. The van der Waals surface area contributed by atoms with E-state index in [4.69, 9.17) is 30.2 Å². The van der Waals surface area contributed by atoms with E-state index in [2.05, 4.69) is 0 Å². The maximum Gasteiger partial charge on any atom is 0.515 e. The van der Waals surface area contributed by atoms with Crippen molar-refractivity contribution in [3.63, 3.8) is 0 Å². The Kier molecular flexibility index (Phi) is 12.4. The van der Waals surface area contributed by atoms with Gasteiger partial charge in [-0.15, -0.1) is 0 Å². The van der Waals surface area contributed by atoms with Crippen LogP contribution in [0.15, 0.2) is 0 Å². The van der Waals surface area contributed by atoms with Gasteiger partial charge in [0, 0.05) is 24.7 Å². The Bertz CT molecular complexity index is 389. The van der Waals surface area contributed by atoms with Gasteiger partial charge in [0.25, 0.3) is 0 Å². The standard InChI is InChI=1S/C17H34O5S2Si/c1-9-19-17(23)24-16(11-10-15(8)18)25(20-12(2)3,21-13(4)5)22-14(6)7/h12-14,16H,9-11H2,1-8H3. The number of thiocarbonyl (C=S) groups is 1. The zero-order chi connectivity index (χ0) is 19.6. The molecule has 1 unspecified atom stereocenters. The molecule has 8 heteroatoms. The van der Waals surface area contributed by atoms with Gasteiger partial charge >= 0.3 is 8.80 Å². The lowest BCUT2D eigenvalue weighted by atomic mass is 10.2. The predicted octanol–water partition coefficient (Wildman–Crippen LogP) is 4.53. The van der Waals surface area contributed by atoms with Gasteiger partial charge in [-0.1, -0.05) is 11.8 Å². The molecule has 5 nitrogen and oxygen atoms in total. The van der Waals surface area contributed by atoms with E-state index in [1.807, 2.05) is 48.5 Å². The normalized spacial score (nSPS) is 13.6. The Balaban J connectivity index is 5.76. The van der Waals surface area contributed by atoms with Crippen LogP contribution in [0, 0.1) is 0 Å². The molecule has 1 atom stereocenters. The van der Waals surface area contributed by atoms with Crippen LogP contribution in [0.2, 0.25) is 0 Å². The second kappa shape index (κ2) is 12.4. The highest BCUT2D eigenvalue weighted by Gasteiger charge is 2.53. The molecule has 0 bridgehead atoms. The van der Waals surface area contributed by atoms with Gasteiger partial charge in [-0.3, -0.25) is 0 Å². The highest BCUT2D eigenvalue weighted by molar-refractivity contribution is 8.23. The van der Waals surface area contributed by atoms with Crippen LogP contribution in [0.1, 0.15) is 68.2 Å². The monoisotopic (exact) mass is 410 g/mol. The fraction of sp³-hybridized carbons (Fsp3) is 0.882. The van der Waals surface area contributed by atoms with E-state index in [-0.39, 0.29) is 29.0 Å². The summed E-state index contributed by atoms with van der Waals surface area (Å²) in [5.74, 6) is 0.120. The molecule has 0 aromatic heterocycles. The fourth-order valence-electron chi connectivity index (χ4n) is 2.21. The van der Waals surface area contributed by atoms with Gasteiger partial charge in [-0.2, -0.15) is 0 Å². The van der Waals surface area contributed by atoms with E-state index >= 15 is 0 Å². The number of carbonyl (C=O) groups is 1. The van der Waals surface area contributed by atoms with Crippen molar-refractivity contribution >= 4 is 43.0 Å². The summed E-state index contributed by atoms with van der Waals surface area (Å²) in [5.41, 5.74) is 0. The number of ketones is 1. The van der Waals surface area contributed by atoms with Crippen LogP contribution in [0.3, 0.4) is 0 Å². The van der Waals surface area contributed by atoms with Crippen molar-refractivity contribution in [1.82, 2.24) is 0 Å². The number of Topliss-reactive ketones (excluding diaryl/α,β-unsaturated/α-hetero) is 1.